The van der Waals surface area contributed by atoms with Crippen LogP contribution in [0.1, 0.15) is 23.6 Å². The van der Waals surface area contributed by atoms with Crippen LogP contribution < -0.4 is 5.32 Å². The summed E-state index contributed by atoms with van der Waals surface area (Å²) in [6, 6.07) is 13.1. The van der Waals surface area contributed by atoms with Crippen molar-refractivity contribution in [2.75, 3.05) is 11.9 Å². The fraction of sp³-hybridized carbons (Fsp3) is 0.263. The van der Waals surface area contributed by atoms with Crippen LogP contribution >= 0.6 is 11.6 Å². The molecule has 24 heavy (non-hydrogen) atoms. The monoisotopic (exact) mass is 344 g/mol. The van der Waals surface area contributed by atoms with Gasteiger partial charge in [-0.05, 0) is 42.7 Å². The Morgan fingerprint density at radius 2 is 1.62 bits per heavy atom. The van der Waals surface area contributed by atoms with Gasteiger partial charge in [-0.15, -0.1) is 0 Å². The summed E-state index contributed by atoms with van der Waals surface area (Å²) in [4.78, 5) is 25.7. The lowest BCUT2D eigenvalue weighted by molar-refractivity contribution is -0.133. The van der Waals surface area contributed by atoms with Crippen LogP contribution in [0.4, 0.5) is 5.69 Å². The van der Waals surface area contributed by atoms with E-state index in [2.05, 4.69) is 5.32 Å². The van der Waals surface area contributed by atoms with Gasteiger partial charge in [-0.2, -0.15) is 0 Å². The molecule has 0 aromatic heterocycles. The molecule has 2 rings (SSSR count). The first kappa shape index (κ1) is 18.0. The molecule has 2 aromatic rings. The fourth-order valence-corrected chi connectivity index (χ4v) is 2.58. The highest BCUT2D eigenvalue weighted by Gasteiger charge is 2.15. The second kappa shape index (κ2) is 7.97. The van der Waals surface area contributed by atoms with Crippen molar-refractivity contribution in [1.29, 1.82) is 0 Å². The van der Waals surface area contributed by atoms with Crippen molar-refractivity contribution in [3.05, 3.63) is 64.2 Å². The summed E-state index contributed by atoms with van der Waals surface area (Å²) in [5.41, 5.74) is 3.72. The Bertz CT molecular complexity index is 721. The number of hydrogen-bond donors (Lipinski definition) is 1. The molecule has 4 nitrogen and oxygen atoms in total. The van der Waals surface area contributed by atoms with E-state index >= 15 is 0 Å². The van der Waals surface area contributed by atoms with Crippen LogP contribution in [-0.2, 0) is 16.1 Å². The Morgan fingerprint density at radius 3 is 2.17 bits per heavy atom. The minimum atomic E-state index is -0.212. The van der Waals surface area contributed by atoms with Crippen molar-refractivity contribution in [2.45, 2.75) is 27.3 Å². The summed E-state index contributed by atoms with van der Waals surface area (Å²) in [6.45, 7) is 5.72. The van der Waals surface area contributed by atoms with E-state index in [0.29, 0.717) is 11.6 Å². The number of nitrogens with one attached hydrogen (secondary N) is 1. The average Bonchev–Trinajstić information content (AvgIpc) is 2.52. The summed E-state index contributed by atoms with van der Waals surface area (Å²) in [5.74, 6) is -0.363. The molecule has 0 aliphatic rings. The number of para-hydroxylation sites is 1. The average molecular weight is 345 g/mol. The Morgan fingerprint density at radius 1 is 1.04 bits per heavy atom. The Balaban J connectivity index is 2.06. The molecule has 0 fully saturated rings. The van der Waals surface area contributed by atoms with Gasteiger partial charge < -0.3 is 10.2 Å². The quantitative estimate of drug-likeness (QED) is 0.893. The number of amides is 2. The van der Waals surface area contributed by atoms with Gasteiger partial charge in [0, 0.05) is 24.2 Å². The van der Waals surface area contributed by atoms with E-state index in [1.54, 1.807) is 12.1 Å². The number of carbonyl (C=O) groups is 2. The SMILES string of the molecule is CC(=O)N(CC(=O)Nc1c(C)cccc1C)Cc1ccc(Cl)cc1. The van der Waals surface area contributed by atoms with Gasteiger partial charge in [0.1, 0.15) is 6.54 Å². The second-order valence-corrected chi connectivity index (χ2v) is 6.25. The zero-order valence-corrected chi connectivity index (χ0v) is 14.9. The minimum absolute atomic E-state index is 0.00569. The lowest BCUT2D eigenvalue weighted by Crippen LogP contribution is -2.36. The van der Waals surface area contributed by atoms with Crippen LogP contribution in [0.15, 0.2) is 42.5 Å². The molecule has 0 radical (unpaired) electrons. The molecule has 0 bridgehead atoms. The molecule has 0 heterocycles. The molecule has 0 aliphatic heterocycles. The summed E-state index contributed by atoms with van der Waals surface area (Å²) in [7, 11) is 0. The normalized spacial score (nSPS) is 10.3. The van der Waals surface area contributed by atoms with Gasteiger partial charge in [0.05, 0.1) is 0 Å². The molecule has 1 N–H and O–H groups in total. The Hall–Kier alpha value is -2.33. The third-order valence-corrected chi connectivity index (χ3v) is 4.06. The third kappa shape index (κ3) is 4.83. The molecule has 5 heteroatoms. The van der Waals surface area contributed by atoms with E-state index in [1.807, 2.05) is 44.2 Å². The number of benzene rings is 2. The predicted molar refractivity (Wildman–Crippen MR) is 97.1 cm³/mol. The van der Waals surface area contributed by atoms with Crippen LogP contribution in [0.3, 0.4) is 0 Å². The molecule has 0 saturated carbocycles. The van der Waals surface area contributed by atoms with E-state index < -0.39 is 0 Å². The zero-order valence-electron chi connectivity index (χ0n) is 14.1. The smallest absolute Gasteiger partial charge is 0.244 e. The maximum Gasteiger partial charge on any atom is 0.244 e. The molecule has 0 aliphatic carbocycles. The number of nitrogens with zero attached hydrogens (tertiary/aromatic N) is 1. The molecule has 0 unspecified atom stereocenters. The van der Waals surface area contributed by atoms with E-state index in [9.17, 15) is 9.59 Å². The highest BCUT2D eigenvalue weighted by Crippen LogP contribution is 2.19. The lowest BCUT2D eigenvalue weighted by atomic mass is 10.1. The summed E-state index contributed by atoms with van der Waals surface area (Å²) >= 11 is 5.87. The largest absolute Gasteiger partial charge is 0.329 e. The van der Waals surface area contributed by atoms with Crippen molar-refractivity contribution >= 4 is 29.1 Å². The van der Waals surface area contributed by atoms with Crippen LogP contribution in [0.5, 0.6) is 0 Å². The van der Waals surface area contributed by atoms with E-state index in [1.165, 1.54) is 11.8 Å². The second-order valence-electron chi connectivity index (χ2n) is 5.82. The molecule has 0 saturated heterocycles. The van der Waals surface area contributed by atoms with Crippen LogP contribution in [0.2, 0.25) is 5.02 Å². The van der Waals surface area contributed by atoms with Crippen molar-refractivity contribution in [1.82, 2.24) is 4.90 Å². The lowest BCUT2D eigenvalue weighted by Gasteiger charge is -2.21. The molecule has 2 aromatic carbocycles. The molecular weight excluding hydrogens is 324 g/mol. The number of hydrogen-bond acceptors (Lipinski definition) is 2. The zero-order chi connectivity index (χ0) is 17.7. The van der Waals surface area contributed by atoms with Crippen molar-refractivity contribution < 1.29 is 9.59 Å². The molecule has 2 amide bonds. The number of anilines is 1. The predicted octanol–water partition coefficient (Wildman–Crippen LogP) is 3.94. The van der Waals surface area contributed by atoms with Gasteiger partial charge in [0.15, 0.2) is 0 Å². The van der Waals surface area contributed by atoms with E-state index in [-0.39, 0.29) is 18.4 Å². The molecule has 0 spiro atoms. The summed E-state index contributed by atoms with van der Waals surface area (Å²) in [5, 5.41) is 3.54. The topological polar surface area (TPSA) is 49.4 Å². The van der Waals surface area contributed by atoms with E-state index in [0.717, 1.165) is 22.4 Å². The first-order valence-electron chi connectivity index (χ1n) is 7.73. The number of aryl methyl sites for hydroxylation is 2. The molecule has 0 atom stereocenters. The number of rotatable bonds is 5. The van der Waals surface area contributed by atoms with Crippen LogP contribution in [-0.4, -0.2) is 23.3 Å². The summed E-state index contributed by atoms with van der Waals surface area (Å²) < 4.78 is 0. The van der Waals surface area contributed by atoms with Gasteiger partial charge in [0.2, 0.25) is 11.8 Å². The van der Waals surface area contributed by atoms with Gasteiger partial charge in [-0.25, -0.2) is 0 Å². The van der Waals surface area contributed by atoms with E-state index in [4.69, 9.17) is 11.6 Å². The Kier molecular flexibility index (Phi) is 5.99. The minimum Gasteiger partial charge on any atom is -0.329 e. The highest BCUT2D eigenvalue weighted by molar-refractivity contribution is 6.30. The molecular formula is C19H21ClN2O2. The van der Waals surface area contributed by atoms with Crippen molar-refractivity contribution in [2.24, 2.45) is 0 Å². The van der Waals surface area contributed by atoms with Gasteiger partial charge in [-0.3, -0.25) is 9.59 Å². The first-order valence-corrected chi connectivity index (χ1v) is 8.10. The Labute approximate surface area is 147 Å². The number of halogens is 1. The van der Waals surface area contributed by atoms with Gasteiger partial charge in [-0.1, -0.05) is 41.9 Å². The highest BCUT2D eigenvalue weighted by atomic mass is 35.5. The maximum atomic E-state index is 12.3. The number of carbonyl (C=O) groups excluding carboxylic acids is 2. The van der Waals surface area contributed by atoms with Gasteiger partial charge in [0.25, 0.3) is 0 Å². The van der Waals surface area contributed by atoms with Crippen LogP contribution in [0.25, 0.3) is 0 Å². The van der Waals surface area contributed by atoms with Crippen molar-refractivity contribution in [3.63, 3.8) is 0 Å². The third-order valence-electron chi connectivity index (χ3n) is 3.81. The molecule has 126 valence electrons. The fourth-order valence-electron chi connectivity index (χ4n) is 2.45. The summed E-state index contributed by atoms with van der Waals surface area (Å²) in [6.07, 6.45) is 0. The van der Waals surface area contributed by atoms with Crippen LogP contribution in [0, 0.1) is 13.8 Å². The maximum absolute atomic E-state index is 12.3. The standard InChI is InChI=1S/C19H21ClN2O2/c1-13-5-4-6-14(2)19(13)21-18(24)12-22(15(3)23)11-16-7-9-17(20)10-8-16/h4-10H,11-12H2,1-3H3,(H,21,24). The first-order chi connectivity index (χ1) is 11.4. The van der Waals surface area contributed by atoms with Crippen molar-refractivity contribution in [3.8, 4) is 0 Å². The van der Waals surface area contributed by atoms with Gasteiger partial charge >= 0.3 is 0 Å².